The number of methoxy groups -OCH3 is 1. The summed E-state index contributed by atoms with van der Waals surface area (Å²) in [7, 11) is 3.57. The molecule has 1 heterocycles. The molecule has 0 aliphatic heterocycles. The monoisotopic (exact) mass is 399 g/mol. The van der Waals surface area contributed by atoms with Gasteiger partial charge in [0.2, 0.25) is 0 Å². The molecule has 7 nitrogen and oxygen atoms in total. The molecule has 28 heavy (non-hydrogen) atoms. The molecular weight excluding hydrogens is 378 g/mol. The van der Waals surface area contributed by atoms with Crippen molar-refractivity contribution < 1.29 is 19.4 Å². The normalized spacial score (nSPS) is 10.6. The third-order valence-corrected chi connectivity index (χ3v) is 5.18. The van der Waals surface area contributed by atoms with Gasteiger partial charge in [-0.3, -0.25) is 0 Å². The average Bonchev–Trinajstić information content (AvgIpc) is 3.08. The second-order valence-corrected chi connectivity index (χ2v) is 7.01. The molecule has 0 radical (unpaired) electrons. The molecule has 1 aromatic heterocycles. The van der Waals surface area contributed by atoms with Crippen molar-refractivity contribution in [1.82, 2.24) is 14.8 Å². The lowest BCUT2D eigenvalue weighted by Gasteiger charge is -2.08. The molecule has 0 aliphatic rings. The molecule has 1 N–H and O–H groups in total. The van der Waals surface area contributed by atoms with Crippen molar-refractivity contribution in [3.8, 4) is 22.9 Å². The summed E-state index contributed by atoms with van der Waals surface area (Å²) in [6.45, 7) is 0.431. The summed E-state index contributed by atoms with van der Waals surface area (Å²) < 4.78 is 12.7. The number of carboxylic acid groups (broad SMARTS) is 1. The van der Waals surface area contributed by atoms with Gasteiger partial charge in [-0.2, -0.15) is 0 Å². The van der Waals surface area contributed by atoms with Crippen LogP contribution >= 0.6 is 11.8 Å². The predicted molar refractivity (Wildman–Crippen MR) is 107 cm³/mol. The lowest BCUT2D eigenvalue weighted by atomic mass is 10.2. The highest BCUT2D eigenvalue weighted by Crippen LogP contribution is 2.25. The first-order chi connectivity index (χ1) is 13.6. The van der Waals surface area contributed by atoms with Gasteiger partial charge in [-0.05, 0) is 42.8 Å². The molecule has 3 rings (SSSR count). The molecule has 0 spiro atoms. The summed E-state index contributed by atoms with van der Waals surface area (Å²) in [4.78, 5) is 11.2. The van der Waals surface area contributed by atoms with Crippen LogP contribution in [0.25, 0.3) is 11.4 Å². The molecular formula is C20H21N3O4S. The number of thioether (sulfide) groups is 1. The minimum Gasteiger partial charge on any atom is -0.497 e. The van der Waals surface area contributed by atoms with Crippen molar-refractivity contribution >= 4 is 17.7 Å². The Bertz CT molecular complexity index is 941. The molecule has 0 unspecified atom stereocenters. The smallest absolute Gasteiger partial charge is 0.339 e. The van der Waals surface area contributed by atoms with Gasteiger partial charge in [0, 0.05) is 18.4 Å². The van der Waals surface area contributed by atoms with Gasteiger partial charge in [0.25, 0.3) is 0 Å². The number of aromatic carboxylic acids is 1. The number of ether oxygens (including phenoxy) is 2. The first kappa shape index (κ1) is 19.8. The van der Waals surface area contributed by atoms with Gasteiger partial charge in [0.05, 0.1) is 13.7 Å². The third-order valence-electron chi connectivity index (χ3n) is 4.08. The van der Waals surface area contributed by atoms with Crippen molar-refractivity contribution in [2.75, 3.05) is 19.5 Å². The molecule has 8 heteroatoms. The van der Waals surface area contributed by atoms with E-state index in [0.717, 1.165) is 34.5 Å². The van der Waals surface area contributed by atoms with Crippen LogP contribution in [0.2, 0.25) is 0 Å². The van der Waals surface area contributed by atoms with E-state index in [1.54, 1.807) is 37.1 Å². The number of hydrogen-bond donors (Lipinski definition) is 1. The van der Waals surface area contributed by atoms with Gasteiger partial charge < -0.3 is 19.1 Å². The van der Waals surface area contributed by atoms with Crippen LogP contribution in [0.4, 0.5) is 0 Å². The maximum Gasteiger partial charge on any atom is 0.339 e. The number of hydrogen-bond acceptors (Lipinski definition) is 6. The summed E-state index contributed by atoms with van der Waals surface area (Å²) in [5.74, 6) is 1.77. The molecule has 0 saturated heterocycles. The Hall–Kier alpha value is -3.00. The highest BCUT2D eigenvalue weighted by Gasteiger charge is 2.12. The van der Waals surface area contributed by atoms with E-state index in [-0.39, 0.29) is 5.56 Å². The van der Waals surface area contributed by atoms with Gasteiger partial charge >= 0.3 is 5.97 Å². The van der Waals surface area contributed by atoms with Crippen molar-refractivity contribution in [3.05, 3.63) is 54.1 Å². The summed E-state index contributed by atoms with van der Waals surface area (Å²) in [5.41, 5.74) is 1.14. The molecule has 0 fully saturated rings. The van der Waals surface area contributed by atoms with Crippen LogP contribution in [0.3, 0.4) is 0 Å². The minimum atomic E-state index is -0.991. The van der Waals surface area contributed by atoms with E-state index in [4.69, 9.17) is 14.6 Å². The maximum absolute atomic E-state index is 11.2. The summed E-state index contributed by atoms with van der Waals surface area (Å²) in [5, 5.41) is 18.5. The Morgan fingerprint density at radius 2 is 1.89 bits per heavy atom. The zero-order chi connectivity index (χ0) is 19.9. The van der Waals surface area contributed by atoms with Gasteiger partial charge in [0.1, 0.15) is 17.1 Å². The first-order valence-electron chi connectivity index (χ1n) is 8.72. The van der Waals surface area contributed by atoms with Crippen LogP contribution < -0.4 is 9.47 Å². The first-order valence-corrected chi connectivity index (χ1v) is 9.70. The summed E-state index contributed by atoms with van der Waals surface area (Å²) in [6, 6.07) is 14.3. The molecule has 2 aromatic carbocycles. The Labute approximate surface area is 167 Å². The van der Waals surface area contributed by atoms with Crippen molar-refractivity contribution in [1.29, 1.82) is 0 Å². The number of carboxylic acids is 1. The van der Waals surface area contributed by atoms with E-state index < -0.39 is 5.97 Å². The number of aromatic nitrogens is 3. The van der Waals surface area contributed by atoms with Crippen LogP contribution in [0, 0.1) is 0 Å². The van der Waals surface area contributed by atoms with Crippen molar-refractivity contribution in [2.24, 2.45) is 7.05 Å². The van der Waals surface area contributed by atoms with Crippen LogP contribution in [-0.2, 0) is 7.05 Å². The second kappa shape index (κ2) is 9.27. The summed E-state index contributed by atoms with van der Waals surface area (Å²) >= 11 is 1.58. The van der Waals surface area contributed by atoms with Crippen molar-refractivity contribution in [3.63, 3.8) is 0 Å². The topological polar surface area (TPSA) is 86.5 Å². The SMILES string of the molecule is COc1ccc(-c2nnc(SCCCOc3ccccc3C(=O)O)n2C)cc1. The standard InChI is InChI=1S/C20H21N3O4S/c1-23-18(14-8-10-15(26-2)11-9-14)21-22-20(23)28-13-5-12-27-17-7-4-3-6-16(17)19(24)25/h3-4,6-11H,5,12-13H2,1-2H3,(H,24,25). The number of nitrogens with zero attached hydrogens (tertiary/aromatic N) is 3. The Kier molecular flexibility index (Phi) is 6.54. The zero-order valence-electron chi connectivity index (χ0n) is 15.7. The van der Waals surface area contributed by atoms with E-state index in [9.17, 15) is 4.79 Å². The Morgan fingerprint density at radius 1 is 1.14 bits per heavy atom. The zero-order valence-corrected chi connectivity index (χ0v) is 16.5. The van der Waals surface area contributed by atoms with Crippen LogP contribution in [0.1, 0.15) is 16.8 Å². The quantitative estimate of drug-likeness (QED) is 0.433. The lowest BCUT2D eigenvalue weighted by molar-refractivity contribution is 0.0692. The second-order valence-electron chi connectivity index (χ2n) is 5.95. The van der Waals surface area contributed by atoms with E-state index in [1.807, 2.05) is 35.9 Å². The third kappa shape index (κ3) is 4.64. The molecule has 0 bridgehead atoms. The number of para-hydroxylation sites is 1. The molecule has 3 aromatic rings. The highest BCUT2D eigenvalue weighted by atomic mass is 32.2. The molecule has 0 atom stereocenters. The van der Waals surface area contributed by atoms with Gasteiger partial charge in [-0.25, -0.2) is 4.79 Å². The molecule has 146 valence electrons. The fourth-order valence-corrected chi connectivity index (χ4v) is 3.43. The summed E-state index contributed by atoms with van der Waals surface area (Å²) in [6.07, 6.45) is 0.753. The average molecular weight is 399 g/mol. The Balaban J connectivity index is 1.52. The molecule has 0 saturated carbocycles. The van der Waals surface area contributed by atoms with Gasteiger partial charge in [-0.1, -0.05) is 23.9 Å². The number of rotatable bonds is 9. The van der Waals surface area contributed by atoms with Crippen LogP contribution in [0.15, 0.2) is 53.7 Å². The van der Waals surface area contributed by atoms with E-state index in [1.165, 1.54) is 6.07 Å². The number of benzene rings is 2. The fraction of sp³-hybridized carbons (Fsp3) is 0.250. The predicted octanol–water partition coefficient (Wildman–Crippen LogP) is 3.75. The van der Waals surface area contributed by atoms with Crippen LogP contribution in [-0.4, -0.2) is 45.3 Å². The van der Waals surface area contributed by atoms with E-state index >= 15 is 0 Å². The van der Waals surface area contributed by atoms with Gasteiger partial charge in [0.15, 0.2) is 11.0 Å². The van der Waals surface area contributed by atoms with Crippen LogP contribution in [0.5, 0.6) is 11.5 Å². The maximum atomic E-state index is 11.2. The molecule has 0 amide bonds. The Morgan fingerprint density at radius 3 is 2.61 bits per heavy atom. The fourth-order valence-electron chi connectivity index (χ4n) is 2.61. The highest BCUT2D eigenvalue weighted by molar-refractivity contribution is 7.99. The van der Waals surface area contributed by atoms with E-state index in [2.05, 4.69) is 10.2 Å². The lowest BCUT2D eigenvalue weighted by Crippen LogP contribution is -2.05. The largest absolute Gasteiger partial charge is 0.497 e. The number of carbonyl (C=O) groups is 1. The van der Waals surface area contributed by atoms with Crippen molar-refractivity contribution in [2.45, 2.75) is 11.6 Å². The van der Waals surface area contributed by atoms with E-state index in [0.29, 0.717) is 12.4 Å². The van der Waals surface area contributed by atoms with Gasteiger partial charge in [-0.15, -0.1) is 10.2 Å². The minimum absolute atomic E-state index is 0.174. The molecule has 0 aliphatic carbocycles.